The van der Waals surface area contributed by atoms with Gasteiger partial charge in [0.1, 0.15) is 11.6 Å². The van der Waals surface area contributed by atoms with Gasteiger partial charge in [-0.3, -0.25) is 9.59 Å². The van der Waals surface area contributed by atoms with E-state index in [0.29, 0.717) is 34.2 Å². The highest BCUT2D eigenvalue weighted by Gasteiger charge is 2.32. The molecule has 0 bridgehead atoms. The smallest absolute Gasteiger partial charge is 0.214 e. The molecule has 1 heterocycles. The second-order valence-corrected chi connectivity index (χ2v) is 9.69. The van der Waals surface area contributed by atoms with Crippen LogP contribution in [0.25, 0.3) is 10.8 Å². The quantitative estimate of drug-likeness (QED) is 0.441. The number of aryl methyl sites for hydroxylation is 1. The molecule has 3 rings (SSSR count). The molecule has 178 valence electrons. The van der Waals surface area contributed by atoms with Crippen molar-refractivity contribution in [1.82, 2.24) is 14.9 Å². The van der Waals surface area contributed by atoms with Crippen LogP contribution in [0.2, 0.25) is 0 Å². The molecule has 0 fully saturated rings. The molecule has 34 heavy (non-hydrogen) atoms. The zero-order valence-corrected chi connectivity index (χ0v) is 20.7. The Morgan fingerprint density at radius 3 is 2.56 bits per heavy atom. The maximum absolute atomic E-state index is 13.5. The summed E-state index contributed by atoms with van der Waals surface area (Å²) in [6.45, 7) is 7.29. The molecule has 1 amide bonds. The van der Waals surface area contributed by atoms with Crippen molar-refractivity contribution in [2.24, 2.45) is 0 Å². The van der Waals surface area contributed by atoms with Crippen LogP contribution in [0.4, 0.5) is 5.82 Å². The standard InChI is InChI=1S/C26H30N4O3S/c1-17(30(16-32)15-21-14-28-18(2)29-24(21)27)23(11-12-31)34-25(33)26(3,4)22-10-9-19-7-5-6-8-20(19)13-22/h5-10,13-14,16,31H,11-12,15H2,1-4H3,(H2,27,28,29)/b23-17-. The van der Waals surface area contributed by atoms with Gasteiger partial charge in [0.05, 0.1) is 12.0 Å². The van der Waals surface area contributed by atoms with Gasteiger partial charge in [-0.2, -0.15) is 0 Å². The van der Waals surface area contributed by atoms with Crippen LogP contribution in [0.15, 0.2) is 59.3 Å². The summed E-state index contributed by atoms with van der Waals surface area (Å²) < 4.78 is 0. The molecule has 0 saturated heterocycles. The highest BCUT2D eigenvalue weighted by molar-refractivity contribution is 8.17. The van der Waals surface area contributed by atoms with Crippen molar-refractivity contribution in [3.63, 3.8) is 0 Å². The second-order valence-electron chi connectivity index (χ2n) is 8.62. The Hall–Kier alpha value is -3.23. The monoisotopic (exact) mass is 478 g/mol. The van der Waals surface area contributed by atoms with Gasteiger partial charge < -0.3 is 15.7 Å². The molecule has 0 unspecified atom stereocenters. The lowest BCUT2D eigenvalue weighted by molar-refractivity contribution is -0.117. The number of carbonyl (C=O) groups excluding carboxylic acids is 2. The molecular formula is C26H30N4O3S. The molecule has 0 aliphatic rings. The lowest BCUT2D eigenvalue weighted by Gasteiger charge is -2.26. The molecule has 0 aliphatic heterocycles. The number of amides is 1. The van der Waals surface area contributed by atoms with Crippen LogP contribution in [0.1, 0.15) is 44.1 Å². The van der Waals surface area contributed by atoms with Crippen molar-refractivity contribution in [3.8, 4) is 0 Å². The van der Waals surface area contributed by atoms with Gasteiger partial charge in [-0.15, -0.1) is 0 Å². The second kappa shape index (κ2) is 10.8. The van der Waals surface area contributed by atoms with Gasteiger partial charge in [0.15, 0.2) is 0 Å². The van der Waals surface area contributed by atoms with E-state index in [9.17, 15) is 14.7 Å². The van der Waals surface area contributed by atoms with Crippen molar-refractivity contribution in [3.05, 3.63) is 76.2 Å². The van der Waals surface area contributed by atoms with Gasteiger partial charge in [0, 0.05) is 35.4 Å². The summed E-state index contributed by atoms with van der Waals surface area (Å²) in [5, 5.41) is 11.8. The molecule has 0 saturated carbocycles. The molecule has 1 aromatic heterocycles. The molecular weight excluding hydrogens is 448 g/mol. The maximum Gasteiger partial charge on any atom is 0.214 e. The third-order valence-electron chi connectivity index (χ3n) is 5.86. The number of fused-ring (bicyclic) bond motifs is 1. The number of nitrogen functional groups attached to an aromatic ring is 1. The van der Waals surface area contributed by atoms with E-state index in [0.717, 1.165) is 28.1 Å². The maximum atomic E-state index is 13.5. The SMILES string of the molecule is C/C(=C(\CCO)SC(=O)C(C)(C)c1ccc2ccccc2c1)N(C=O)Cc1cnc(C)nc1N. The van der Waals surface area contributed by atoms with Crippen LogP contribution >= 0.6 is 11.8 Å². The van der Waals surface area contributed by atoms with E-state index in [4.69, 9.17) is 5.73 Å². The molecule has 2 aromatic carbocycles. The predicted octanol–water partition coefficient (Wildman–Crippen LogP) is 4.33. The highest BCUT2D eigenvalue weighted by Crippen LogP contribution is 2.36. The van der Waals surface area contributed by atoms with Gasteiger partial charge in [-0.05, 0) is 44.0 Å². The van der Waals surface area contributed by atoms with E-state index in [2.05, 4.69) is 9.97 Å². The van der Waals surface area contributed by atoms with Crippen molar-refractivity contribution in [1.29, 1.82) is 0 Å². The van der Waals surface area contributed by atoms with Crippen LogP contribution in [0.5, 0.6) is 0 Å². The number of nitrogens with zero attached hydrogens (tertiary/aromatic N) is 3. The van der Waals surface area contributed by atoms with Crippen molar-refractivity contribution in [2.45, 2.75) is 46.1 Å². The molecule has 0 atom stereocenters. The predicted molar refractivity (Wildman–Crippen MR) is 137 cm³/mol. The lowest BCUT2D eigenvalue weighted by Crippen LogP contribution is -2.27. The Morgan fingerprint density at radius 1 is 1.21 bits per heavy atom. The van der Waals surface area contributed by atoms with Gasteiger partial charge in [-0.25, -0.2) is 9.97 Å². The van der Waals surface area contributed by atoms with Crippen molar-refractivity contribution in [2.75, 3.05) is 12.3 Å². The van der Waals surface area contributed by atoms with Gasteiger partial charge in [0.25, 0.3) is 0 Å². The lowest BCUT2D eigenvalue weighted by atomic mass is 9.85. The van der Waals surface area contributed by atoms with Crippen LogP contribution in [0.3, 0.4) is 0 Å². The fourth-order valence-electron chi connectivity index (χ4n) is 3.56. The Balaban J connectivity index is 1.88. The summed E-state index contributed by atoms with van der Waals surface area (Å²) in [7, 11) is 0. The average molecular weight is 479 g/mol. The molecule has 0 spiro atoms. The topological polar surface area (TPSA) is 109 Å². The Morgan fingerprint density at radius 2 is 1.91 bits per heavy atom. The number of anilines is 1. The summed E-state index contributed by atoms with van der Waals surface area (Å²) in [5.74, 6) is 0.848. The average Bonchev–Trinajstić information content (AvgIpc) is 2.82. The number of rotatable bonds is 9. The van der Waals surface area contributed by atoms with Crippen LogP contribution < -0.4 is 5.73 Å². The number of hydrogen-bond donors (Lipinski definition) is 2. The minimum absolute atomic E-state index is 0.0744. The fraction of sp³-hybridized carbons (Fsp3) is 0.308. The first-order valence-corrected chi connectivity index (χ1v) is 11.8. The zero-order chi connectivity index (χ0) is 24.9. The minimum atomic E-state index is -0.781. The molecule has 0 aliphatic carbocycles. The van der Waals surface area contributed by atoms with Gasteiger partial charge >= 0.3 is 0 Å². The Kier molecular flexibility index (Phi) is 8.06. The number of carbonyl (C=O) groups is 2. The highest BCUT2D eigenvalue weighted by atomic mass is 32.2. The van der Waals surface area contributed by atoms with E-state index in [-0.39, 0.29) is 24.7 Å². The molecule has 3 N–H and O–H groups in total. The summed E-state index contributed by atoms with van der Waals surface area (Å²) in [5.41, 5.74) is 7.30. The number of allylic oxidation sites excluding steroid dienone is 1. The van der Waals surface area contributed by atoms with Gasteiger partial charge in [-0.1, -0.05) is 54.2 Å². The molecule has 0 radical (unpaired) electrons. The molecule has 7 nitrogen and oxygen atoms in total. The van der Waals surface area contributed by atoms with E-state index in [1.807, 2.05) is 56.3 Å². The number of nitrogens with two attached hydrogens (primary N) is 1. The Labute approximate surface area is 204 Å². The zero-order valence-electron chi connectivity index (χ0n) is 19.9. The van der Waals surface area contributed by atoms with Crippen LogP contribution in [-0.2, 0) is 21.5 Å². The van der Waals surface area contributed by atoms with Crippen molar-refractivity contribution >= 4 is 39.9 Å². The first-order chi connectivity index (χ1) is 16.2. The molecule has 8 heteroatoms. The van der Waals surface area contributed by atoms with Crippen molar-refractivity contribution < 1.29 is 14.7 Å². The third-order valence-corrected chi connectivity index (χ3v) is 7.30. The minimum Gasteiger partial charge on any atom is -0.396 e. The van der Waals surface area contributed by atoms with Gasteiger partial charge in [0.2, 0.25) is 11.5 Å². The number of thioether (sulfide) groups is 1. The normalized spacial score (nSPS) is 12.4. The number of aliphatic hydroxyl groups is 1. The summed E-state index contributed by atoms with van der Waals surface area (Å²) in [6, 6.07) is 14.0. The third kappa shape index (κ3) is 5.63. The van der Waals surface area contributed by atoms with E-state index in [1.165, 1.54) is 4.90 Å². The number of aromatic nitrogens is 2. The summed E-state index contributed by atoms with van der Waals surface area (Å²) in [4.78, 5) is 35.8. The number of aliphatic hydroxyl groups excluding tert-OH is 1. The Bertz CT molecular complexity index is 1240. The van der Waals surface area contributed by atoms with Crippen LogP contribution in [0, 0.1) is 6.92 Å². The first kappa shape index (κ1) is 25.4. The summed E-state index contributed by atoms with van der Waals surface area (Å²) in [6.07, 6.45) is 2.53. The number of hydrogen-bond acceptors (Lipinski definition) is 7. The van der Waals surface area contributed by atoms with E-state index in [1.54, 1.807) is 20.0 Å². The molecule has 3 aromatic rings. The largest absolute Gasteiger partial charge is 0.396 e. The van der Waals surface area contributed by atoms with E-state index >= 15 is 0 Å². The fourth-order valence-corrected chi connectivity index (χ4v) is 4.61. The summed E-state index contributed by atoms with van der Waals surface area (Å²) >= 11 is 1.06. The first-order valence-electron chi connectivity index (χ1n) is 11.0. The van der Waals surface area contributed by atoms with E-state index < -0.39 is 5.41 Å². The number of benzene rings is 2. The van der Waals surface area contributed by atoms with Crippen LogP contribution in [-0.4, -0.2) is 38.1 Å².